The van der Waals surface area contributed by atoms with Gasteiger partial charge < -0.3 is 9.64 Å². The molecule has 0 amide bonds. The van der Waals surface area contributed by atoms with Crippen molar-refractivity contribution in [2.24, 2.45) is 0 Å². The lowest BCUT2D eigenvalue weighted by Crippen LogP contribution is -2.20. The highest BCUT2D eigenvalue weighted by molar-refractivity contribution is 9.09. The van der Waals surface area contributed by atoms with Gasteiger partial charge in [-0.05, 0) is 13.3 Å². The summed E-state index contributed by atoms with van der Waals surface area (Å²) < 4.78 is 5.34. The molecule has 0 bridgehead atoms. The Morgan fingerprint density at radius 3 is 3.13 bits per heavy atom. The number of rotatable bonds is 3. The van der Waals surface area contributed by atoms with Gasteiger partial charge in [-0.25, -0.2) is 9.97 Å². The van der Waals surface area contributed by atoms with Crippen LogP contribution in [0.3, 0.4) is 0 Å². The zero-order valence-electron chi connectivity index (χ0n) is 8.69. The molecule has 1 unspecified atom stereocenters. The molecular formula is C10H14BrN3O. The minimum absolute atomic E-state index is 0.572. The number of aromatic nitrogens is 2. The van der Waals surface area contributed by atoms with Crippen LogP contribution in [-0.2, 0) is 0 Å². The summed E-state index contributed by atoms with van der Waals surface area (Å²) in [5.41, 5.74) is 0. The first-order valence-electron chi connectivity index (χ1n) is 5.13. The van der Waals surface area contributed by atoms with Crippen LogP contribution in [0.1, 0.15) is 13.3 Å². The summed E-state index contributed by atoms with van der Waals surface area (Å²) in [4.78, 5) is 11.1. The number of nitrogens with zero attached hydrogens (tertiary/aromatic N) is 3. The number of anilines is 1. The van der Waals surface area contributed by atoms with Gasteiger partial charge in [-0.2, -0.15) is 0 Å². The molecule has 2 heterocycles. The van der Waals surface area contributed by atoms with Crippen molar-refractivity contribution in [3.63, 3.8) is 0 Å². The van der Waals surface area contributed by atoms with Crippen LogP contribution >= 0.6 is 15.9 Å². The normalized spacial score (nSPS) is 20.7. The number of hydrogen-bond donors (Lipinski definition) is 0. The average molecular weight is 272 g/mol. The van der Waals surface area contributed by atoms with Crippen LogP contribution in [0, 0.1) is 0 Å². The summed E-state index contributed by atoms with van der Waals surface area (Å²) in [6, 6.07) is 1.90. The molecule has 1 aromatic rings. The third-order valence-electron chi connectivity index (χ3n) is 2.37. The van der Waals surface area contributed by atoms with Gasteiger partial charge >= 0.3 is 0 Å². The molecule has 0 aliphatic carbocycles. The molecule has 1 saturated heterocycles. The second kappa shape index (κ2) is 4.79. The van der Waals surface area contributed by atoms with Crippen LogP contribution in [0.25, 0.3) is 0 Å². The van der Waals surface area contributed by atoms with E-state index in [9.17, 15) is 0 Å². The van der Waals surface area contributed by atoms with Crippen molar-refractivity contribution in [1.82, 2.24) is 9.97 Å². The highest BCUT2D eigenvalue weighted by Gasteiger charge is 2.21. The van der Waals surface area contributed by atoms with Gasteiger partial charge in [-0.1, -0.05) is 15.9 Å². The third-order valence-corrected chi connectivity index (χ3v) is 3.12. The first-order valence-corrected chi connectivity index (χ1v) is 6.05. The van der Waals surface area contributed by atoms with Crippen molar-refractivity contribution in [3.8, 4) is 5.88 Å². The third kappa shape index (κ3) is 2.59. The molecule has 0 aromatic carbocycles. The standard InChI is InChI=1S/C10H14BrN3O/c1-2-15-10-5-9(12-7-13-10)14-4-3-8(11)6-14/h5,7-8H,2-4,6H2,1H3. The maximum Gasteiger partial charge on any atom is 0.218 e. The first kappa shape index (κ1) is 10.7. The lowest BCUT2D eigenvalue weighted by atomic mass is 10.4. The maximum atomic E-state index is 5.34. The molecule has 1 fully saturated rings. The molecule has 1 aromatic heterocycles. The van der Waals surface area contributed by atoms with E-state index in [1.54, 1.807) is 6.33 Å². The number of alkyl halides is 1. The monoisotopic (exact) mass is 271 g/mol. The van der Waals surface area contributed by atoms with E-state index in [2.05, 4.69) is 30.8 Å². The van der Waals surface area contributed by atoms with Crippen LogP contribution in [-0.4, -0.2) is 34.5 Å². The second-order valence-electron chi connectivity index (χ2n) is 3.48. The van der Waals surface area contributed by atoms with E-state index in [0.717, 1.165) is 25.3 Å². The van der Waals surface area contributed by atoms with Gasteiger partial charge in [0.2, 0.25) is 5.88 Å². The van der Waals surface area contributed by atoms with E-state index in [4.69, 9.17) is 4.74 Å². The molecule has 5 heteroatoms. The average Bonchev–Trinajstić information content (AvgIpc) is 2.66. The fraction of sp³-hybridized carbons (Fsp3) is 0.600. The molecular weight excluding hydrogens is 258 g/mol. The van der Waals surface area contributed by atoms with Gasteiger partial charge in [-0.15, -0.1) is 0 Å². The van der Waals surface area contributed by atoms with E-state index in [-0.39, 0.29) is 0 Å². The van der Waals surface area contributed by atoms with Crippen LogP contribution in [0.15, 0.2) is 12.4 Å². The molecule has 82 valence electrons. The van der Waals surface area contributed by atoms with Gasteiger partial charge in [0, 0.05) is 24.0 Å². The van der Waals surface area contributed by atoms with Gasteiger partial charge in [0.25, 0.3) is 0 Å². The van der Waals surface area contributed by atoms with Crippen molar-refractivity contribution < 1.29 is 4.74 Å². The van der Waals surface area contributed by atoms with Gasteiger partial charge in [0.1, 0.15) is 12.1 Å². The Hall–Kier alpha value is -0.840. The van der Waals surface area contributed by atoms with Gasteiger partial charge in [0.15, 0.2) is 0 Å². The van der Waals surface area contributed by atoms with E-state index in [0.29, 0.717) is 17.3 Å². The summed E-state index contributed by atoms with van der Waals surface area (Å²) in [5, 5.41) is 0. The predicted octanol–water partition coefficient (Wildman–Crippen LogP) is 1.85. The molecule has 0 saturated carbocycles. The fourth-order valence-electron chi connectivity index (χ4n) is 1.66. The molecule has 15 heavy (non-hydrogen) atoms. The highest BCUT2D eigenvalue weighted by atomic mass is 79.9. The Kier molecular flexibility index (Phi) is 3.41. The molecule has 1 aliphatic rings. The van der Waals surface area contributed by atoms with Crippen LogP contribution in [0.5, 0.6) is 5.88 Å². The number of halogens is 1. The molecule has 0 spiro atoms. The Morgan fingerprint density at radius 1 is 1.60 bits per heavy atom. The quantitative estimate of drug-likeness (QED) is 0.787. The topological polar surface area (TPSA) is 38.2 Å². The summed E-state index contributed by atoms with van der Waals surface area (Å²) in [5.74, 6) is 1.61. The van der Waals surface area contributed by atoms with Crippen molar-refractivity contribution in [3.05, 3.63) is 12.4 Å². The van der Waals surface area contributed by atoms with Crippen molar-refractivity contribution in [2.75, 3.05) is 24.6 Å². The Balaban J connectivity index is 2.10. The summed E-state index contributed by atoms with van der Waals surface area (Å²) >= 11 is 3.61. The van der Waals surface area contributed by atoms with Crippen LogP contribution in [0.4, 0.5) is 5.82 Å². The minimum Gasteiger partial charge on any atom is -0.478 e. The smallest absolute Gasteiger partial charge is 0.218 e. The van der Waals surface area contributed by atoms with Crippen molar-refractivity contribution >= 4 is 21.7 Å². The van der Waals surface area contributed by atoms with Gasteiger partial charge in [-0.3, -0.25) is 0 Å². The maximum absolute atomic E-state index is 5.34. The fourth-order valence-corrected chi connectivity index (χ4v) is 2.21. The molecule has 1 atom stereocenters. The number of ether oxygens (including phenoxy) is 1. The zero-order chi connectivity index (χ0) is 10.7. The van der Waals surface area contributed by atoms with Crippen LogP contribution in [0.2, 0.25) is 0 Å². The summed E-state index contributed by atoms with van der Waals surface area (Å²) in [6.07, 6.45) is 2.72. The van der Waals surface area contributed by atoms with E-state index in [1.807, 2.05) is 13.0 Å². The summed E-state index contributed by atoms with van der Waals surface area (Å²) in [6.45, 7) is 4.63. The minimum atomic E-state index is 0.572. The largest absolute Gasteiger partial charge is 0.478 e. The number of hydrogen-bond acceptors (Lipinski definition) is 4. The second-order valence-corrected chi connectivity index (χ2v) is 4.77. The first-order chi connectivity index (χ1) is 7.29. The van der Waals surface area contributed by atoms with E-state index < -0.39 is 0 Å². The lowest BCUT2D eigenvalue weighted by Gasteiger charge is -2.16. The predicted molar refractivity (Wildman–Crippen MR) is 62.7 cm³/mol. The highest BCUT2D eigenvalue weighted by Crippen LogP contribution is 2.23. The molecule has 0 N–H and O–H groups in total. The summed E-state index contributed by atoms with van der Waals surface area (Å²) in [7, 11) is 0. The van der Waals surface area contributed by atoms with Crippen molar-refractivity contribution in [2.45, 2.75) is 18.2 Å². The molecule has 1 aliphatic heterocycles. The van der Waals surface area contributed by atoms with E-state index >= 15 is 0 Å². The van der Waals surface area contributed by atoms with Crippen molar-refractivity contribution in [1.29, 1.82) is 0 Å². The SMILES string of the molecule is CCOc1cc(N2CCC(Br)C2)ncn1. The Labute approximate surface area is 97.8 Å². The zero-order valence-corrected chi connectivity index (χ0v) is 10.3. The lowest BCUT2D eigenvalue weighted by molar-refractivity contribution is 0.326. The Morgan fingerprint density at radius 2 is 2.47 bits per heavy atom. The van der Waals surface area contributed by atoms with E-state index in [1.165, 1.54) is 0 Å². The van der Waals surface area contributed by atoms with Gasteiger partial charge in [0.05, 0.1) is 6.61 Å². The molecule has 2 rings (SSSR count). The van der Waals surface area contributed by atoms with Crippen LogP contribution < -0.4 is 9.64 Å². The molecule has 4 nitrogen and oxygen atoms in total. The molecule has 0 radical (unpaired) electrons. The Bertz CT molecular complexity index is 334.